The fourth-order valence-electron chi connectivity index (χ4n) is 3.41. The smallest absolute Gasteiger partial charge is 0.325 e. The van der Waals surface area contributed by atoms with Crippen LogP contribution in [0.15, 0.2) is 30.3 Å². The van der Waals surface area contributed by atoms with E-state index in [0.717, 1.165) is 13.1 Å². The Morgan fingerprint density at radius 2 is 1.87 bits per heavy atom. The molecule has 2 heterocycles. The highest BCUT2D eigenvalue weighted by molar-refractivity contribution is 6.06. The van der Waals surface area contributed by atoms with E-state index in [1.54, 1.807) is 13.8 Å². The summed E-state index contributed by atoms with van der Waals surface area (Å²) >= 11 is 0. The van der Waals surface area contributed by atoms with Crippen LogP contribution in [0.2, 0.25) is 0 Å². The number of nitrogens with one attached hydrogen (secondary N) is 1. The first kappa shape index (κ1) is 16.0. The zero-order chi connectivity index (χ0) is 16.6. The lowest BCUT2D eigenvalue weighted by molar-refractivity contribution is -0.130. The van der Waals surface area contributed by atoms with Gasteiger partial charge in [0.25, 0.3) is 5.91 Å². The summed E-state index contributed by atoms with van der Waals surface area (Å²) in [5, 5.41) is 2.71. The molecule has 3 amide bonds. The molecule has 2 fully saturated rings. The molecule has 0 radical (unpaired) electrons. The van der Waals surface area contributed by atoms with E-state index in [1.165, 1.54) is 10.5 Å². The molecule has 0 unspecified atom stereocenters. The molecule has 6 nitrogen and oxygen atoms in total. The van der Waals surface area contributed by atoms with E-state index < -0.39 is 5.54 Å². The predicted octanol–water partition coefficient (Wildman–Crippen LogP) is 0.744. The molecule has 1 aromatic carbocycles. The summed E-state index contributed by atoms with van der Waals surface area (Å²) in [5.41, 5.74) is 6.73. The van der Waals surface area contributed by atoms with Gasteiger partial charge in [0, 0.05) is 38.1 Å². The van der Waals surface area contributed by atoms with Crippen molar-refractivity contribution < 1.29 is 9.59 Å². The maximum Gasteiger partial charge on any atom is 0.325 e. The van der Waals surface area contributed by atoms with E-state index in [9.17, 15) is 9.59 Å². The molecule has 0 bridgehead atoms. The molecule has 2 aliphatic rings. The van der Waals surface area contributed by atoms with Crippen LogP contribution in [0.3, 0.4) is 0 Å². The highest BCUT2D eigenvalue weighted by Gasteiger charge is 2.44. The third kappa shape index (κ3) is 3.09. The number of urea groups is 1. The molecule has 23 heavy (non-hydrogen) atoms. The number of hydrogen-bond donors (Lipinski definition) is 2. The summed E-state index contributed by atoms with van der Waals surface area (Å²) in [6, 6.07) is 10.0. The first-order valence-corrected chi connectivity index (χ1v) is 8.05. The summed E-state index contributed by atoms with van der Waals surface area (Å²) in [7, 11) is 0. The monoisotopic (exact) mass is 316 g/mol. The van der Waals surface area contributed by atoms with Crippen LogP contribution in [0, 0.1) is 0 Å². The number of nitrogens with two attached hydrogens (primary N) is 1. The molecule has 3 rings (SSSR count). The number of benzene rings is 1. The van der Waals surface area contributed by atoms with Gasteiger partial charge in [0.1, 0.15) is 5.54 Å². The Morgan fingerprint density at radius 1 is 1.17 bits per heavy atom. The van der Waals surface area contributed by atoms with Crippen molar-refractivity contribution >= 4 is 11.9 Å². The Morgan fingerprint density at radius 3 is 2.48 bits per heavy atom. The van der Waals surface area contributed by atoms with Crippen LogP contribution in [0.1, 0.15) is 25.3 Å². The standard InChI is InChI=1S/C17H24N4O2/c1-17(2)15(22)21(16(23)19-17)9-8-20-10-13(14(18)11-20)12-6-4-3-5-7-12/h3-7,13-14H,8-11,18H2,1-2H3,(H,19,23)/t13-,14+/m0/s1. The van der Waals surface area contributed by atoms with Gasteiger partial charge in [0.05, 0.1) is 0 Å². The molecular weight excluding hydrogens is 292 g/mol. The Labute approximate surface area is 136 Å². The van der Waals surface area contributed by atoms with Crippen molar-refractivity contribution in [3.8, 4) is 0 Å². The summed E-state index contributed by atoms with van der Waals surface area (Å²) in [6.07, 6.45) is 0. The quantitative estimate of drug-likeness (QED) is 0.803. The molecule has 0 aliphatic carbocycles. The van der Waals surface area contributed by atoms with Crippen LogP contribution in [0.4, 0.5) is 4.79 Å². The number of hydrogen-bond acceptors (Lipinski definition) is 4. The molecule has 1 aromatic rings. The molecule has 6 heteroatoms. The number of carbonyl (C=O) groups excluding carboxylic acids is 2. The summed E-state index contributed by atoms with van der Waals surface area (Å²) < 4.78 is 0. The first-order valence-electron chi connectivity index (χ1n) is 8.05. The Bertz CT molecular complexity index is 602. The molecule has 3 N–H and O–H groups in total. The second kappa shape index (κ2) is 5.94. The molecule has 2 saturated heterocycles. The molecule has 0 spiro atoms. The maximum atomic E-state index is 12.2. The normalized spacial score (nSPS) is 27.5. The van der Waals surface area contributed by atoms with E-state index in [2.05, 4.69) is 22.3 Å². The van der Waals surface area contributed by atoms with E-state index in [4.69, 9.17) is 5.73 Å². The van der Waals surface area contributed by atoms with Crippen LogP contribution in [-0.4, -0.2) is 59.5 Å². The van der Waals surface area contributed by atoms with Crippen molar-refractivity contribution in [3.05, 3.63) is 35.9 Å². The van der Waals surface area contributed by atoms with Gasteiger partial charge in [-0.1, -0.05) is 30.3 Å². The lowest BCUT2D eigenvalue weighted by atomic mass is 9.95. The summed E-state index contributed by atoms with van der Waals surface area (Å²) in [5.74, 6) is 0.140. The Balaban J connectivity index is 1.58. The van der Waals surface area contributed by atoms with Crippen LogP contribution >= 0.6 is 0 Å². The van der Waals surface area contributed by atoms with E-state index in [0.29, 0.717) is 19.0 Å². The van der Waals surface area contributed by atoms with Crippen LogP contribution in [-0.2, 0) is 4.79 Å². The van der Waals surface area contributed by atoms with E-state index in [-0.39, 0.29) is 18.0 Å². The van der Waals surface area contributed by atoms with Crippen LogP contribution < -0.4 is 11.1 Å². The van der Waals surface area contributed by atoms with Gasteiger partial charge < -0.3 is 11.1 Å². The van der Waals surface area contributed by atoms with E-state index in [1.807, 2.05) is 18.2 Å². The van der Waals surface area contributed by atoms with Crippen molar-refractivity contribution in [3.63, 3.8) is 0 Å². The fraction of sp³-hybridized carbons (Fsp3) is 0.529. The second-order valence-electron chi connectivity index (χ2n) is 6.95. The zero-order valence-corrected chi connectivity index (χ0v) is 13.7. The lowest BCUT2D eigenvalue weighted by Crippen LogP contribution is -2.41. The maximum absolute atomic E-state index is 12.2. The van der Waals surface area contributed by atoms with Crippen LogP contribution in [0.5, 0.6) is 0 Å². The SMILES string of the molecule is CC1(C)NC(=O)N(CCN2C[C@@H](N)[C@H](c3ccccc3)C2)C1=O. The van der Waals surface area contributed by atoms with Crippen LogP contribution in [0.25, 0.3) is 0 Å². The van der Waals surface area contributed by atoms with Gasteiger partial charge in [-0.2, -0.15) is 0 Å². The number of rotatable bonds is 4. The highest BCUT2D eigenvalue weighted by atomic mass is 16.2. The average molecular weight is 316 g/mol. The average Bonchev–Trinajstić information content (AvgIpc) is 2.96. The van der Waals surface area contributed by atoms with Crippen molar-refractivity contribution in [2.45, 2.75) is 31.3 Å². The summed E-state index contributed by atoms with van der Waals surface area (Å²) in [6.45, 7) is 6.16. The highest BCUT2D eigenvalue weighted by Crippen LogP contribution is 2.26. The number of nitrogens with zero attached hydrogens (tertiary/aromatic N) is 2. The number of amides is 3. The molecule has 2 aliphatic heterocycles. The molecule has 2 atom stereocenters. The second-order valence-corrected chi connectivity index (χ2v) is 6.95. The van der Waals surface area contributed by atoms with Gasteiger partial charge in [-0.3, -0.25) is 14.6 Å². The Hall–Kier alpha value is -1.92. The number of imide groups is 1. The molecular formula is C17H24N4O2. The summed E-state index contributed by atoms with van der Waals surface area (Å²) in [4.78, 5) is 27.6. The van der Waals surface area contributed by atoms with Gasteiger partial charge in [-0.15, -0.1) is 0 Å². The Kier molecular flexibility index (Phi) is 4.12. The topological polar surface area (TPSA) is 78.7 Å². The van der Waals surface area contributed by atoms with Gasteiger partial charge >= 0.3 is 6.03 Å². The first-order chi connectivity index (χ1) is 10.9. The van der Waals surface area contributed by atoms with Gasteiger partial charge in [0.15, 0.2) is 0 Å². The minimum absolute atomic E-state index is 0.0805. The van der Waals surface area contributed by atoms with Gasteiger partial charge in [0.2, 0.25) is 0 Å². The molecule has 124 valence electrons. The predicted molar refractivity (Wildman–Crippen MR) is 87.9 cm³/mol. The number of likely N-dealkylation sites (tertiary alicyclic amines) is 1. The van der Waals surface area contributed by atoms with Crippen molar-refractivity contribution in [1.29, 1.82) is 0 Å². The minimum atomic E-state index is -0.801. The zero-order valence-electron chi connectivity index (χ0n) is 13.7. The fourth-order valence-corrected chi connectivity index (χ4v) is 3.41. The van der Waals surface area contributed by atoms with Gasteiger partial charge in [-0.05, 0) is 19.4 Å². The third-order valence-corrected chi connectivity index (χ3v) is 4.75. The minimum Gasteiger partial charge on any atom is -0.326 e. The van der Waals surface area contributed by atoms with Gasteiger partial charge in [-0.25, -0.2) is 4.79 Å². The largest absolute Gasteiger partial charge is 0.326 e. The number of carbonyl (C=O) groups is 2. The third-order valence-electron chi connectivity index (χ3n) is 4.75. The van der Waals surface area contributed by atoms with Crippen molar-refractivity contribution in [1.82, 2.24) is 15.1 Å². The molecule has 0 saturated carbocycles. The molecule has 0 aromatic heterocycles. The van der Waals surface area contributed by atoms with E-state index >= 15 is 0 Å². The van der Waals surface area contributed by atoms with Crippen molar-refractivity contribution in [2.24, 2.45) is 5.73 Å². The van der Waals surface area contributed by atoms with Crippen molar-refractivity contribution in [2.75, 3.05) is 26.2 Å². The lowest BCUT2D eigenvalue weighted by Gasteiger charge is -2.20.